The summed E-state index contributed by atoms with van der Waals surface area (Å²) in [6.45, 7) is -0.0662. The van der Waals surface area contributed by atoms with E-state index in [9.17, 15) is 14.0 Å². The van der Waals surface area contributed by atoms with E-state index in [1.54, 1.807) is 60.7 Å². The molecule has 0 saturated heterocycles. The lowest BCUT2D eigenvalue weighted by molar-refractivity contribution is -0.121. The van der Waals surface area contributed by atoms with E-state index in [1.807, 2.05) is 0 Å². The molecule has 0 aliphatic carbocycles. The number of fused-ring (bicyclic) bond motifs is 1. The number of anilines is 2. The van der Waals surface area contributed by atoms with E-state index >= 15 is 0 Å². The number of halogens is 2. The summed E-state index contributed by atoms with van der Waals surface area (Å²) < 4.78 is 19.5. The predicted molar refractivity (Wildman–Crippen MR) is 109 cm³/mol. The van der Waals surface area contributed by atoms with Crippen molar-refractivity contribution in [3.63, 3.8) is 0 Å². The van der Waals surface area contributed by atoms with Gasteiger partial charge in [-0.1, -0.05) is 35.9 Å². The van der Waals surface area contributed by atoms with Crippen LogP contribution in [-0.2, 0) is 11.3 Å². The number of ether oxygens (including phenoxy) is 1. The third-order valence-electron chi connectivity index (χ3n) is 4.53. The summed E-state index contributed by atoms with van der Waals surface area (Å²) >= 11 is 5.93. The Labute approximate surface area is 171 Å². The first kappa shape index (κ1) is 19.0. The summed E-state index contributed by atoms with van der Waals surface area (Å²) in [6, 6.07) is 17.9. The molecule has 1 aliphatic rings. The summed E-state index contributed by atoms with van der Waals surface area (Å²) in [7, 11) is 0. The average Bonchev–Trinajstić information content (AvgIpc) is 2.71. The van der Waals surface area contributed by atoms with Crippen LogP contribution in [0.4, 0.5) is 15.8 Å². The maximum Gasteiger partial charge on any atom is 0.265 e. The van der Waals surface area contributed by atoms with Crippen molar-refractivity contribution in [2.24, 2.45) is 0 Å². The van der Waals surface area contributed by atoms with Crippen molar-refractivity contribution >= 4 is 34.8 Å². The van der Waals surface area contributed by atoms with Crippen molar-refractivity contribution < 1.29 is 18.7 Å². The second-order valence-corrected chi connectivity index (χ2v) is 6.94. The van der Waals surface area contributed by atoms with Crippen molar-refractivity contribution in [2.45, 2.75) is 6.54 Å². The van der Waals surface area contributed by atoms with Gasteiger partial charge in [0.1, 0.15) is 11.6 Å². The molecule has 0 bridgehead atoms. The van der Waals surface area contributed by atoms with Gasteiger partial charge in [0.15, 0.2) is 6.61 Å². The van der Waals surface area contributed by atoms with Crippen LogP contribution in [0.1, 0.15) is 15.9 Å². The van der Waals surface area contributed by atoms with Crippen LogP contribution in [0.15, 0.2) is 66.7 Å². The Morgan fingerprint density at radius 3 is 2.72 bits per heavy atom. The Bertz CT molecular complexity index is 1100. The van der Waals surface area contributed by atoms with E-state index in [4.69, 9.17) is 16.3 Å². The Hall–Kier alpha value is -3.38. The maximum absolute atomic E-state index is 14.0. The number of benzene rings is 3. The molecule has 3 aromatic carbocycles. The number of amides is 2. The van der Waals surface area contributed by atoms with E-state index in [2.05, 4.69) is 5.32 Å². The highest BCUT2D eigenvalue weighted by atomic mass is 35.5. The van der Waals surface area contributed by atoms with Gasteiger partial charge in [0.2, 0.25) is 0 Å². The molecular weight excluding hydrogens is 395 g/mol. The van der Waals surface area contributed by atoms with Crippen LogP contribution in [0, 0.1) is 5.82 Å². The zero-order chi connectivity index (χ0) is 20.4. The minimum atomic E-state index is -0.376. The van der Waals surface area contributed by atoms with Crippen molar-refractivity contribution in [2.75, 3.05) is 16.8 Å². The summed E-state index contributed by atoms with van der Waals surface area (Å²) in [5.41, 5.74) is 1.86. The first-order valence-electron chi connectivity index (χ1n) is 8.89. The third-order valence-corrected chi connectivity index (χ3v) is 4.77. The van der Waals surface area contributed by atoms with Gasteiger partial charge >= 0.3 is 0 Å². The predicted octanol–water partition coefficient (Wildman–Crippen LogP) is 4.66. The molecule has 3 aromatic rings. The number of carbonyl (C=O) groups excluding carboxylic acids is 2. The van der Waals surface area contributed by atoms with Crippen LogP contribution in [0.3, 0.4) is 0 Å². The van der Waals surface area contributed by atoms with Gasteiger partial charge in [-0.2, -0.15) is 0 Å². The molecular formula is C22H16ClFN2O3. The minimum Gasteiger partial charge on any atom is -0.481 e. The number of rotatable bonds is 4. The highest BCUT2D eigenvalue weighted by Crippen LogP contribution is 2.35. The normalized spacial score (nSPS) is 12.9. The molecule has 0 radical (unpaired) electrons. The van der Waals surface area contributed by atoms with E-state index in [-0.39, 0.29) is 30.8 Å². The highest BCUT2D eigenvalue weighted by Gasteiger charge is 2.26. The van der Waals surface area contributed by atoms with Crippen molar-refractivity contribution in [3.05, 3.63) is 88.7 Å². The Morgan fingerprint density at radius 1 is 1.10 bits per heavy atom. The molecule has 4 rings (SSSR count). The number of hydrogen-bond donors (Lipinski definition) is 1. The van der Waals surface area contributed by atoms with Crippen LogP contribution in [0.2, 0.25) is 5.02 Å². The van der Waals surface area contributed by atoms with Crippen molar-refractivity contribution in [1.82, 2.24) is 0 Å². The fourth-order valence-electron chi connectivity index (χ4n) is 3.09. The number of carbonyl (C=O) groups is 2. The smallest absolute Gasteiger partial charge is 0.265 e. The quantitative estimate of drug-likeness (QED) is 0.680. The van der Waals surface area contributed by atoms with Gasteiger partial charge in [-0.15, -0.1) is 0 Å². The topological polar surface area (TPSA) is 58.6 Å². The fraction of sp³-hybridized carbons (Fsp3) is 0.0909. The first-order chi connectivity index (χ1) is 14.0. The van der Waals surface area contributed by atoms with Gasteiger partial charge in [0.05, 0.1) is 12.2 Å². The van der Waals surface area contributed by atoms with Crippen LogP contribution >= 0.6 is 11.6 Å². The Kier molecular flexibility index (Phi) is 5.18. The average molecular weight is 411 g/mol. The highest BCUT2D eigenvalue weighted by molar-refractivity contribution is 6.31. The van der Waals surface area contributed by atoms with E-state index in [1.165, 1.54) is 11.0 Å². The molecule has 0 spiro atoms. The van der Waals surface area contributed by atoms with Gasteiger partial charge in [-0.25, -0.2) is 4.39 Å². The van der Waals surface area contributed by atoms with E-state index in [0.29, 0.717) is 33.3 Å². The second kappa shape index (κ2) is 7.93. The molecule has 1 heterocycles. The van der Waals surface area contributed by atoms with Gasteiger partial charge in [0.25, 0.3) is 11.8 Å². The summed E-state index contributed by atoms with van der Waals surface area (Å²) in [4.78, 5) is 26.2. The largest absolute Gasteiger partial charge is 0.481 e. The van der Waals surface area contributed by atoms with Crippen LogP contribution in [0.5, 0.6) is 5.75 Å². The standard InChI is InChI=1S/C22H16ClFN2O3/c23-16-6-3-5-14(10-16)22(28)25-17-8-9-19-20(11-17)29-13-21(27)26(19)12-15-4-1-2-7-18(15)24/h1-11H,12-13H2,(H,25,28). The molecule has 5 nitrogen and oxygen atoms in total. The van der Waals surface area contributed by atoms with Gasteiger partial charge in [0, 0.05) is 27.9 Å². The maximum atomic E-state index is 14.0. The number of nitrogens with one attached hydrogen (secondary N) is 1. The Morgan fingerprint density at radius 2 is 1.93 bits per heavy atom. The number of hydrogen-bond acceptors (Lipinski definition) is 3. The zero-order valence-electron chi connectivity index (χ0n) is 15.2. The van der Waals surface area contributed by atoms with Crippen molar-refractivity contribution in [3.8, 4) is 5.75 Å². The van der Waals surface area contributed by atoms with Gasteiger partial charge in [-0.05, 0) is 36.4 Å². The zero-order valence-corrected chi connectivity index (χ0v) is 15.9. The molecule has 2 amide bonds. The van der Waals surface area contributed by atoms with Gasteiger partial charge < -0.3 is 15.0 Å². The molecule has 0 saturated carbocycles. The monoisotopic (exact) mass is 410 g/mol. The molecule has 1 N–H and O–H groups in total. The molecule has 29 heavy (non-hydrogen) atoms. The van der Waals surface area contributed by atoms with Crippen LogP contribution < -0.4 is 15.0 Å². The first-order valence-corrected chi connectivity index (χ1v) is 9.26. The summed E-state index contributed by atoms with van der Waals surface area (Å²) in [6.07, 6.45) is 0. The molecule has 0 aromatic heterocycles. The second-order valence-electron chi connectivity index (χ2n) is 6.51. The summed E-state index contributed by atoms with van der Waals surface area (Å²) in [5, 5.41) is 3.25. The number of nitrogens with zero attached hydrogens (tertiary/aromatic N) is 1. The third kappa shape index (κ3) is 4.07. The van der Waals surface area contributed by atoms with E-state index in [0.717, 1.165) is 0 Å². The fourth-order valence-corrected chi connectivity index (χ4v) is 3.28. The molecule has 0 unspecified atom stereocenters. The van der Waals surface area contributed by atoms with Crippen molar-refractivity contribution in [1.29, 1.82) is 0 Å². The molecule has 1 aliphatic heterocycles. The lowest BCUT2D eigenvalue weighted by atomic mass is 10.1. The lowest BCUT2D eigenvalue weighted by Gasteiger charge is -2.30. The van der Waals surface area contributed by atoms with E-state index < -0.39 is 0 Å². The summed E-state index contributed by atoms with van der Waals surface area (Å²) in [5.74, 6) is -0.525. The SMILES string of the molecule is O=C(Nc1ccc2c(c1)OCC(=O)N2Cc1ccccc1F)c1cccc(Cl)c1. The minimum absolute atomic E-state index is 0.0933. The van der Waals surface area contributed by atoms with Gasteiger partial charge in [-0.3, -0.25) is 9.59 Å². The molecule has 146 valence electrons. The Balaban J connectivity index is 1.57. The lowest BCUT2D eigenvalue weighted by Crippen LogP contribution is -2.38. The molecule has 0 fully saturated rings. The molecule has 7 heteroatoms. The van der Waals surface area contributed by atoms with Crippen LogP contribution in [-0.4, -0.2) is 18.4 Å². The van der Waals surface area contributed by atoms with Crippen LogP contribution in [0.25, 0.3) is 0 Å². The molecule has 0 atom stereocenters.